The van der Waals surface area contributed by atoms with Crippen molar-refractivity contribution in [2.24, 2.45) is 4.99 Å². The normalized spacial score (nSPS) is 10.5. The van der Waals surface area contributed by atoms with Crippen LogP contribution in [0, 0.1) is 0 Å². The van der Waals surface area contributed by atoms with E-state index in [9.17, 15) is 0 Å². The summed E-state index contributed by atoms with van der Waals surface area (Å²) in [6.45, 7) is 22.2. The fourth-order valence-corrected chi connectivity index (χ4v) is 3.26. The zero-order valence-electron chi connectivity index (χ0n) is 21.8. The van der Waals surface area contributed by atoms with E-state index in [2.05, 4.69) is 59.0 Å². The number of allylic oxidation sites excluding steroid dienone is 1. The molecule has 0 saturated heterocycles. The number of unbranched alkanes of at least 4 members (excludes halogenated alkanes) is 2. The number of ether oxygens (including phenoxy) is 1. The van der Waals surface area contributed by atoms with Crippen molar-refractivity contribution in [3.8, 4) is 17.1 Å². The van der Waals surface area contributed by atoms with Crippen molar-refractivity contribution in [1.29, 1.82) is 0 Å². The van der Waals surface area contributed by atoms with Gasteiger partial charge in [0.15, 0.2) is 0 Å². The fourth-order valence-electron chi connectivity index (χ4n) is 2.85. The summed E-state index contributed by atoms with van der Waals surface area (Å²) in [7, 11) is 1.60. The van der Waals surface area contributed by atoms with Crippen LogP contribution in [0.4, 0.5) is 0 Å². The Morgan fingerprint density at radius 1 is 1.03 bits per heavy atom. The number of aliphatic imine (C=N–C) groups is 1. The number of thioether (sulfide) groups is 1. The monoisotopic (exact) mass is 479 g/mol. The average molecular weight is 480 g/mol. The Hall–Kier alpha value is -2.92. The highest BCUT2D eigenvalue weighted by molar-refractivity contribution is 8.16. The quantitative estimate of drug-likeness (QED) is 0.183. The maximum atomic E-state index is 5.46. The highest BCUT2D eigenvalue weighted by Gasteiger charge is 2.13. The van der Waals surface area contributed by atoms with Crippen molar-refractivity contribution in [1.82, 2.24) is 9.97 Å². The van der Waals surface area contributed by atoms with Crippen LogP contribution in [0.2, 0.25) is 0 Å². The molecule has 0 N–H and O–H groups in total. The first-order chi connectivity index (χ1) is 16.6. The summed E-state index contributed by atoms with van der Waals surface area (Å²) in [6, 6.07) is 8.18. The van der Waals surface area contributed by atoms with Crippen LogP contribution >= 0.6 is 11.8 Å². The van der Waals surface area contributed by atoms with E-state index in [4.69, 9.17) is 4.74 Å². The molecule has 0 aliphatic heterocycles. The molecule has 1 heterocycles. The second-order valence-corrected chi connectivity index (χ2v) is 7.63. The van der Waals surface area contributed by atoms with Crippen molar-refractivity contribution in [2.45, 2.75) is 53.9 Å². The summed E-state index contributed by atoms with van der Waals surface area (Å²) in [5, 5.41) is 2.87. The molecular formula is C29H41N3OS. The lowest BCUT2D eigenvalue weighted by atomic mass is 10.1. The number of nitrogens with zero attached hydrogens (tertiary/aromatic N) is 3. The maximum absolute atomic E-state index is 5.46. The predicted molar refractivity (Wildman–Crippen MR) is 156 cm³/mol. The van der Waals surface area contributed by atoms with Crippen LogP contribution in [-0.4, -0.2) is 28.7 Å². The molecule has 0 saturated carbocycles. The molecule has 2 rings (SSSR count). The second-order valence-electron chi connectivity index (χ2n) is 6.47. The minimum absolute atomic E-state index is 0.474. The minimum atomic E-state index is 0.474. The van der Waals surface area contributed by atoms with Gasteiger partial charge < -0.3 is 4.74 Å². The summed E-state index contributed by atoms with van der Waals surface area (Å²) in [5.74, 6) is 0.474. The van der Waals surface area contributed by atoms with E-state index in [-0.39, 0.29) is 0 Å². The predicted octanol–water partition coefficient (Wildman–Crippen LogP) is 8.97. The number of aromatic nitrogens is 2. The first kappa shape index (κ1) is 31.1. The number of rotatable bonds is 11. The molecule has 5 heteroatoms. The SMILES string of the molecule is C=CSC(C)=NCCCC/C=C/c1cccc(-c2nc(C=C)c(C=C)nc2OC)c1.CC.CC. The summed E-state index contributed by atoms with van der Waals surface area (Å²) in [4.78, 5) is 13.7. The second kappa shape index (κ2) is 19.5. The molecule has 0 fully saturated rings. The molecule has 0 aliphatic rings. The number of hydrogen-bond donors (Lipinski definition) is 0. The van der Waals surface area contributed by atoms with Crippen LogP contribution in [0.1, 0.15) is 70.8 Å². The Kier molecular flexibility index (Phi) is 17.9. The first-order valence-electron chi connectivity index (χ1n) is 11.9. The Morgan fingerprint density at radius 3 is 2.32 bits per heavy atom. The third kappa shape index (κ3) is 10.8. The van der Waals surface area contributed by atoms with Gasteiger partial charge in [0.25, 0.3) is 0 Å². The smallest absolute Gasteiger partial charge is 0.240 e. The van der Waals surface area contributed by atoms with Gasteiger partial charge in [-0.25, -0.2) is 9.97 Å². The van der Waals surface area contributed by atoms with E-state index < -0.39 is 0 Å². The van der Waals surface area contributed by atoms with E-state index >= 15 is 0 Å². The molecule has 0 radical (unpaired) electrons. The molecule has 0 bridgehead atoms. The first-order valence-corrected chi connectivity index (χ1v) is 12.8. The highest BCUT2D eigenvalue weighted by atomic mass is 32.2. The van der Waals surface area contributed by atoms with E-state index in [1.807, 2.05) is 52.2 Å². The molecule has 184 valence electrons. The van der Waals surface area contributed by atoms with Crippen molar-refractivity contribution < 1.29 is 4.74 Å². The number of methoxy groups -OCH3 is 1. The van der Waals surface area contributed by atoms with Gasteiger partial charge in [-0.2, -0.15) is 0 Å². The highest BCUT2D eigenvalue weighted by Crippen LogP contribution is 2.29. The summed E-state index contributed by atoms with van der Waals surface area (Å²) in [6.07, 6.45) is 10.9. The lowest BCUT2D eigenvalue weighted by Gasteiger charge is -2.10. The molecule has 0 spiro atoms. The van der Waals surface area contributed by atoms with Gasteiger partial charge in [-0.05, 0) is 55.4 Å². The lowest BCUT2D eigenvalue weighted by Crippen LogP contribution is -2.00. The molecule has 34 heavy (non-hydrogen) atoms. The van der Waals surface area contributed by atoms with Crippen LogP contribution in [0.5, 0.6) is 5.88 Å². The molecule has 0 aliphatic carbocycles. The standard InChI is InChI=1S/C25H29N3OS.2C2H6/c1-6-22-23(7-2)28-25(29-5)24(27-22)21-16-13-15-20(18-21)14-11-9-10-12-17-26-19(4)30-8-3;2*1-2/h6-8,11,13-16,18H,1-3,9-10,12,17H2,4-5H3;2*1-2H3/b14-11+,26-19?;;. The van der Waals surface area contributed by atoms with Gasteiger partial charge in [0.1, 0.15) is 5.69 Å². The van der Waals surface area contributed by atoms with E-state index in [0.29, 0.717) is 23.0 Å². The van der Waals surface area contributed by atoms with Gasteiger partial charge in [-0.15, -0.1) is 0 Å². The minimum Gasteiger partial charge on any atom is -0.479 e. The van der Waals surface area contributed by atoms with Gasteiger partial charge >= 0.3 is 0 Å². The molecule has 2 aromatic rings. The van der Waals surface area contributed by atoms with Crippen molar-refractivity contribution in [3.05, 3.63) is 72.4 Å². The Balaban J connectivity index is 0.00000258. The molecule has 0 amide bonds. The zero-order valence-corrected chi connectivity index (χ0v) is 22.6. The number of hydrogen-bond acceptors (Lipinski definition) is 5. The Morgan fingerprint density at radius 2 is 1.71 bits per heavy atom. The van der Waals surface area contributed by atoms with Crippen LogP contribution in [-0.2, 0) is 0 Å². The van der Waals surface area contributed by atoms with Crippen molar-refractivity contribution >= 4 is 35.0 Å². The summed E-state index contributed by atoms with van der Waals surface area (Å²) < 4.78 is 5.46. The average Bonchev–Trinajstić information content (AvgIpc) is 2.89. The van der Waals surface area contributed by atoms with Gasteiger partial charge in [-0.3, -0.25) is 4.99 Å². The third-order valence-electron chi connectivity index (χ3n) is 4.34. The largest absolute Gasteiger partial charge is 0.479 e. The van der Waals surface area contributed by atoms with E-state index in [0.717, 1.165) is 42.0 Å². The Bertz CT molecular complexity index is 948. The van der Waals surface area contributed by atoms with Crippen LogP contribution in [0.15, 0.2) is 60.5 Å². The summed E-state index contributed by atoms with van der Waals surface area (Å²) in [5.41, 5.74) is 4.10. The van der Waals surface area contributed by atoms with Crippen LogP contribution < -0.4 is 4.74 Å². The van der Waals surface area contributed by atoms with E-state index in [1.54, 1.807) is 31.0 Å². The topological polar surface area (TPSA) is 47.4 Å². The third-order valence-corrected chi connectivity index (χ3v) is 4.97. The van der Waals surface area contributed by atoms with Crippen LogP contribution in [0.3, 0.4) is 0 Å². The molecule has 1 aromatic carbocycles. The van der Waals surface area contributed by atoms with Crippen LogP contribution in [0.25, 0.3) is 29.5 Å². The zero-order chi connectivity index (χ0) is 25.8. The molecular weight excluding hydrogens is 438 g/mol. The van der Waals surface area contributed by atoms with Gasteiger partial charge in [0.2, 0.25) is 5.88 Å². The lowest BCUT2D eigenvalue weighted by molar-refractivity contribution is 0.397. The molecule has 0 unspecified atom stereocenters. The molecule has 1 aromatic heterocycles. The van der Waals surface area contributed by atoms with Gasteiger partial charge in [-0.1, -0.05) is 89.5 Å². The summed E-state index contributed by atoms with van der Waals surface area (Å²) >= 11 is 1.57. The van der Waals surface area contributed by atoms with Gasteiger partial charge in [0.05, 0.1) is 23.5 Å². The van der Waals surface area contributed by atoms with Gasteiger partial charge in [0, 0.05) is 12.1 Å². The fraction of sp³-hybridized carbons (Fsp3) is 0.345. The Labute approximate surface area is 211 Å². The van der Waals surface area contributed by atoms with Crippen molar-refractivity contribution in [3.63, 3.8) is 0 Å². The maximum Gasteiger partial charge on any atom is 0.240 e. The molecule has 0 atom stereocenters. The number of benzene rings is 1. The molecule has 4 nitrogen and oxygen atoms in total. The van der Waals surface area contributed by atoms with Crippen molar-refractivity contribution in [2.75, 3.05) is 13.7 Å². The van der Waals surface area contributed by atoms with E-state index in [1.165, 1.54) is 0 Å².